The number of likely N-dealkylation sites (tertiary alicyclic amines) is 1. The molecule has 3 rings (SSSR count). The van der Waals surface area contributed by atoms with Crippen LogP contribution in [0.15, 0.2) is 34.9 Å². The molecular weight excluding hydrogens is 274 g/mol. The minimum atomic E-state index is 0.289. The van der Waals surface area contributed by atoms with E-state index in [9.17, 15) is 0 Å². The molecule has 0 amide bonds. The van der Waals surface area contributed by atoms with Gasteiger partial charge in [0.2, 0.25) is 11.7 Å². The highest BCUT2D eigenvalue weighted by atomic mass is 16.5. The van der Waals surface area contributed by atoms with Gasteiger partial charge in [0.1, 0.15) is 0 Å². The first-order chi connectivity index (χ1) is 10.7. The first kappa shape index (κ1) is 15.2. The second-order valence-electron chi connectivity index (χ2n) is 6.55. The molecule has 1 unspecified atom stereocenters. The highest BCUT2D eigenvalue weighted by Gasteiger charge is 2.28. The van der Waals surface area contributed by atoms with Crippen LogP contribution in [0.3, 0.4) is 0 Å². The van der Waals surface area contributed by atoms with E-state index in [0.717, 1.165) is 36.9 Å². The lowest BCUT2D eigenvalue weighted by Gasteiger charge is -2.33. The Morgan fingerprint density at radius 2 is 2.05 bits per heavy atom. The van der Waals surface area contributed by atoms with Gasteiger partial charge in [0.25, 0.3) is 0 Å². The molecule has 1 aromatic carbocycles. The van der Waals surface area contributed by atoms with Gasteiger partial charge >= 0.3 is 0 Å². The standard InChI is InChI=1S/C18H25N3O/c1-14(2)11-13-21-12-7-6-10-16(21)18-19-17(20-22-18)15-8-4-3-5-9-15/h3-5,8-9,14,16H,6-7,10-13H2,1-2H3. The third kappa shape index (κ3) is 3.55. The maximum absolute atomic E-state index is 5.59. The average molecular weight is 299 g/mol. The fraction of sp³-hybridized carbons (Fsp3) is 0.556. The van der Waals surface area contributed by atoms with Gasteiger partial charge in [-0.1, -0.05) is 55.8 Å². The summed E-state index contributed by atoms with van der Waals surface area (Å²) < 4.78 is 5.59. The third-order valence-corrected chi connectivity index (χ3v) is 4.37. The van der Waals surface area contributed by atoms with Crippen LogP contribution in [-0.2, 0) is 0 Å². The minimum Gasteiger partial charge on any atom is -0.337 e. The van der Waals surface area contributed by atoms with Gasteiger partial charge in [-0.2, -0.15) is 4.98 Å². The molecule has 1 saturated heterocycles. The van der Waals surface area contributed by atoms with E-state index in [4.69, 9.17) is 4.52 Å². The van der Waals surface area contributed by atoms with Gasteiger partial charge in [0, 0.05) is 5.56 Å². The molecule has 1 aliphatic rings. The molecule has 0 radical (unpaired) electrons. The van der Waals surface area contributed by atoms with Gasteiger partial charge in [-0.3, -0.25) is 4.90 Å². The average Bonchev–Trinajstić information content (AvgIpc) is 3.04. The van der Waals surface area contributed by atoms with E-state index in [0.29, 0.717) is 5.82 Å². The second-order valence-corrected chi connectivity index (χ2v) is 6.55. The Morgan fingerprint density at radius 1 is 1.23 bits per heavy atom. The fourth-order valence-corrected chi connectivity index (χ4v) is 3.04. The van der Waals surface area contributed by atoms with E-state index < -0.39 is 0 Å². The van der Waals surface area contributed by atoms with Gasteiger partial charge < -0.3 is 4.52 Å². The zero-order chi connectivity index (χ0) is 15.4. The van der Waals surface area contributed by atoms with Gasteiger partial charge in [0.15, 0.2) is 0 Å². The van der Waals surface area contributed by atoms with Crippen LogP contribution < -0.4 is 0 Å². The smallest absolute Gasteiger partial charge is 0.244 e. The quantitative estimate of drug-likeness (QED) is 0.825. The first-order valence-electron chi connectivity index (χ1n) is 8.37. The Balaban J connectivity index is 1.75. The maximum atomic E-state index is 5.59. The molecule has 4 nitrogen and oxygen atoms in total. The van der Waals surface area contributed by atoms with Crippen LogP contribution in [0.5, 0.6) is 0 Å². The van der Waals surface area contributed by atoms with Crippen LogP contribution in [0.2, 0.25) is 0 Å². The van der Waals surface area contributed by atoms with Crippen LogP contribution in [0.25, 0.3) is 11.4 Å². The second kappa shape index (κ2) is 7.05. The van der Waals surface area contributed by atoms with Crippen LogP contribution in [-0.4, -0.2) is 28.1 Å². The summed E-state index contributed by atoms with van der Waals surface area (Å²) in [7, 11) is 0. The SMILES string of the molecule is CC(C)CCN1CCCCC1c1nc(-c2ccccc2)no1. The van der Waals surface area contributed by atoms with Crippen molar-refractivity contribution in [3.05, 3.63) is 36.2 Å². The molecule has 0 N–H and O–H groups in total. The van der Waals surface area contributed by atoms with Gasteiger partial charge in [-0.05, 0) is 38.3 Å². The fourth-order valence-electron chi connectivity index (χ4n) is 3.04. The van der Waals surface area contributed by atoms with E-state index in [1.807, 2.05) is 30.3 Å². The van der Waals surface area contributed by atoms with Crippen LogP contribution in [0.1, 0.15) is 51.5 Å². The molecule has 0 saturated carbocycles. The van der Waals surface area contributed by atoms with Crippen molar-refractivity contribution < 1.29 is 4.52 Å². The highest BCUT2D eigenvalue weighted by Crippen LogP contribution is 2.31. The molecule has 0 aliphatic carbocycles. The molecule has 1 aliphatic heterocycles. The van der Waals surface area contributed by atoms with Crippen molar-refractivity contribution >= 4 is 0 Å². The van der Waals surface area contributed by atoms with Crippen molar-refractivity contribution in [1.29, 1.82) is 0 Å². The molecule has 118 valence electrons. The zero-order valence-corrected chi connectivity index (χ0v) is 13.5. The molecule has 22 heavy (non-hydrogen) atoms. The van der Waals surface area contributed by atoms with Crippen molar-refractivity contribution in [3.63, 3.8) is 0 Å². The molecule has 1 aromatic heterocycles. The lowest BCUT2D eigenvalue weighted by Crippen LogP contribution is -2.34. The van der Waals surface area contributed by atoms with E-state index >= 15 is 0 Å². The van der Waals surface area contributed by atoms with Crippen molar-refractivity contribution in [3.8, 4) is 11.4 Å². The Bertz CT molecular complexity index is 579. The lowest BCUT2D eigenvalue weighted by molar-refractivity contribution is 0.113. The molecular formula is C18H25N3O. The van der Waals surface area contributed by atoms with Gasteiger partial charge in [0.05, 0.1) is 6.04 Å². The first-order valence-corrected chi connectivity index (χ1v) is 8.37. The van der Waals surface area contributed by atoms with E-state index in [-0.39, 0.29) is 6.04 Å². The largest absolute Gasteiger partial charge is 0.337 e. The summed E-state index contributed by atoms with van der Waals surface area (Å²) in [4.78, 5) is 7.18. The van der Waals surface area contributed by atoms with E-state index in [2.05, 4.69) is 28.9 Å². The predicted molar refractivity (Wildman–Crippen MR) is 87.4 cm³/mol. The number of piperidine rings is 1. The normalized spacial score (nSPS) is 19.7. The Kier molecular flexibility index (Phi) is 4.88. The number of rotatable bonds is 5. The molecule has 2 heterocycles. The molecule has 0 spiro atoms. The summed E-state index contributed by atoms with van der Waals surface area (Å²) in [6.45, 7) is 6.81. The van der Waals surface area contributed by atoms with Crippen molar-refractivity contribution in [1.82, 2.24) is 15.0 Å². The molecule has 0 bridgehead atoms. The summed E-state index contributed by atoms with van der Waals surface area (Å²) in [6.07, 6.45) is 4.85. The van der Waals surface area contributed by atoms with Gasteiger partial charge in [-0.25, -0.2) is 0 Å². The van der Waals surface area contributed by atoms with E-state index in [1.165, 1.54) is 19.3 Å². The zero-order valence-electron chi connectivity index (χ0n) is 13.5. The third-order valence-electron chi connectivity index (χ3n) is 4.37. The maximum Gasteiger partial charge on any atom is 0.244 e. The van der Waals surface area contributed by atoms with E-state index in [1.54, 1.807) is 0 Å². The number of hydrogen-bond donors (Lipinski definition) is 0. The summed E-state index contributed by atoms with van der Waals surface area (Å²) >= 11 is 0. The van der Waals surface area contributed by atoms with Crippen molar-refractivity contribution in [2.24, 2.45) is 5.92 Å². The Morgan fingerprint density at radius 3 is 2.82 bits per heavy atom. The molecule has 1 fully saturated rings. The Hall–Kier alpha value is -1.68. The number of benzene rings is 1. The number of nitrogens with zero attached hydrogens (tertiary/aromatic N) is 3. The summed E-state index contributed by atoms with van der Waals surface area (Å²) in [6, 6.07) is 10.3. The number of hydrogen-bond acceptors (Lipinski definition) is 4. The van der Waals surface area contributed by atoms with Crippen molar-refractivity contribution in [2.45, 2.75) is 45.6 Å². The lowest BCUT2D eigenvalue weighted by atomic mass is 10.0. The van der Waals surface area contributed by atoms with Crippen molar-refractivity contribution in [2.75, 3.05) is 13.1 Å². The predicted octanol–water partition coefficient (Wildman–Crippen LogP) is 4.31. The Labute approximate surface area is 132 Å². The monoisotopic (exact) mass is 299 g/mol. The van der Waals surface area contributed by atoms with Crippen LogP contribution in [0, 0.1) is 5.92 Å². The summed E-state index contributed by atoms with van der Waals surface area (Å²) in [5.41, 5.74) is 1.02. The van der Waals surface area contributed by atoms with Gasteiger partial charge in [-0.15, -0.1) is 0 Å². The molecule has 2 aromatic rings. The van der Waals surface area contributed by atoms with Crippen LogP contribution >= 0.6 is 0 Å². The highest BCUT2D eigenvalue weighted by molar-refractivity contribution is 5.53. The number of aromatic nitrogens is 2. The summed E-state index contributed by atoms with van der Waals surface area (Å²) in [5, 5.41) is 4.18. The summed E-state index contributed by atoms with van der Waals surface area (Å²) in [5.74, 6) is 2.21. The molecule has 4 heteroatoms. The topological polar surface area (TPSA) is 42.2 Å². The molecule has 1 atom stereocenters. The minimum absolute atomic E-state index is 0.289. The van der Waals surface area contributed by atoms with Crippen LogP contribution in [0.4, 0.5) is 0 Å².